The number of hydrogen-bond donors (Lipinski definition) is 0. The Morgan fingerprint density at radius 2 is 1.42 bits per heavy atom. The number of carbonyl (C=O) groups is 2. The molecule has 45 heavy (non-hydrogen) atoms. The van der Waals surface area contributed by atoms with Crippen molar-refractivity contribution < 1.29 is 33.3 Å². The summed E-state index contributed by atoms with van der Waals surface area (Å²) in [7, 11) is 6.70. The molecule has 8 nitrogen and oxygen atoms in total. The maximum Gasteiger partial charge on any atom is 0.339 e. The minimum atomic E-state index is -0.413. The molecule has 0 bridgehead atoms. The molecule has 0 saturated heterocycles. The minimum absolute atomic E-state index is 0.171. The minimum Gasteiger partial charge on any atom is -0.493 e. The second kappa shape index (κ2) is 16.5. The van der Waals surface area contributed by atoms with E-state index < -0.39 is 5.97 Å². The Morgan fingerprint density at radius 3 is 2.02 bits per heavy atom. The van der Waals surface area contributed by atoms with Crippen LogP contribution in [0.4, 0.5) is 0 Å². The van der Waals surface area contributed by atoms with Crippen LogP contribution in [0.5, 0.6) is 17.2 Å². The van der Waals surface area contributed by atoms with Gasteiger partial charge in [0.2, 0.25) is 5.75 Å². The van der Waals surface area contributed by atoms with Crippen LogP contribution in [0.3, 0.4) is 0 Å². The molecule has 0 aliphatic carbocycles. The second-order valence-corrected chi connectivity index (χ2v) is 11.2. The van der Waals surface area contributed by atoms with Crippen molar-refractivity contribution >= 4 is 39.6 Å². The van der Waals surface area contributed by atoms with Gasteiger partial charge in [-0.1, -0.05) is 55.5 Å². The number of benzene rings is 4. The fourth-order valence-corrected chi connectivity index (χ4v) is 5.44. The van der Waals surface area contributed by atoms with Crippen LogP contribution < -0.4 is 14.2 Å². The lowest BCUT2D eigenvalue weighted by Crippen LogP contribution is -2.28. The maximum absolute atomic E-state index is 13.1. The lowest BCUT2D eigenvalue weighted by molar-refractivity contribution is -0.139. The first-order chi connectivity index (χ1) is 21.8. The van der Waals surface area contributed by atoms with E-state index in [-0.39, 0.29) is 11.9 Å². The lowest BCUT2D eigenvalue weighted by atomic mass is 9.97. The van der Waals surface area contributed by atoms with Gasteiger partial charge in [-0.25, -0.2) is 9.59 Å². The van der Waals surface area contributed by atoms with Gasteiger partial charge < -0.3 is 28.6 Å². The fraction of sp³-hybridized carbons (Fsp3) is 0.351. The van der Waals surface area contributed by atoms with Crippen LogP contribution in [0.15, 0.2) is 72.8 Å². The third-order valence-electron chi connectivity index (χ3n) is 7.63. The van der Waals surface area contributed by atoms with Crippen LogP contribution in [-0.2, 0) is 14.3 Å². The zero-order valence-electron chi connectivity index (χ0n) is 26.8. The summed E-state index contributed by atoms with van der Waals surface area (Å²) in [5, 5.41) is 3.89. The quantitative estimate of drug-likeness (QED) is 0.0569. The smallest absolute Gasteiger partial charge is 0.339 e. The Labute approximate surface area is 265 Å². The lowest BCUT2D eigenvalue weighted by Gasteiger charge is -2.21. The number of ether oxygens (including phenoxy) is 5. The average Bonchev–Trinajstić information content (AvgIpc) is 3.05. The van der Waals surface area contributed by atoms with Crippen molar-refractivity contribution in [2.45, 2.75) is 26.2 Å². The Bertz CT molecular complexity index is 1550. The highest BCUT2D eigenvalue weighted by molar-refractivity contribution is 6.16. The number of esters is 2. The molecule has 0 aromatic heterocycles. The van der Waals surface area contributed by atoms with Gasteiger partial charge in [0.15, 0.2) is 11.5 Å². The normalized spacial score (nSPS) is 12.0. The van der Waals surface area contributed by atoms with Crippen molar-refractivity contribution in [1.29, 1.82) is 0 Å². The van der Waals surface area contributed by atoms with Gasteiger partial charge in [-0.2, -0.15) is 0 Å². The van der Waals surface area contributed by atoms with E-state index in [9.17, 15) is 9.59 Å². The Balaban J connectivity index is 1.15. The van der Waals surface area contributed by atoms with E-state index in [2.05, 4.69) is 24.9 Å². The number of fused-ring (bicyclic) bond motifs is 2. The van der Waals surface area contributed by atoms with Gasteiger partial charge in [0.1, 0.15) is 0 Å². The molecule has 0 aliphatic heterocycles. The maximum atomic E-state index is 13.1. The highest BCUT2D eigenvalue weighted by Crippen LogP contribution is 2.38. The predicted molar refractivity (Wildman–Crippen MR) is 178 cm³/mol. The number of rotatable bonds is 16. The van der Waals surface area contributed by atoms with Crippen molar-refractivity contribution in [1.82, 2.24) is 4.90 Å². The number of hydrogen-bond acceptors (Lipinski definition) is 8. The predicted octanol–water partition coefficient (Wildman–Crippen LogP) is 7.17. The zero-order chi connectivity index (χ0) is 32.2. The zero-order valence-corrected chi connectivity index (χ0v) is 26.8. The van der Waals surface area contributed by atoms with Crippen LogP contribution >= 0.6 is 0 Å². The van der Waals surface area contributed by atoms with Crippen LogP contribution in [-0.4, -0.2) is 71.5 Å². The summed E-state index contributed by atoms with van der Waals surface area (Å²) in [6, 6.07) is 21.5. The van der Waals surface area contributed by atoms with Crippen LogP contribution in [0.1, 0.15) is 42.1 Å². The van der Waals surface area contributed by atoms with Crippen molar-refractivity contribution in [2.75, 3.05) is 54.7 Å². The van der Waals surface area contributed by atoms with Gasteiger partial charge in [0, 0.05) is 18.5 Å². The van der Waals surface area contributed by atoms with Crippen LogP contribution in [0.2, 0.25) is 0 Å². The molecule has 0 radical (unpaired) electrons. The molecule has 0 fully saturated rings. The molecule has 8 heteroatoms. The molecular weight excluding hydrogens is 570 g/mol. The third-order valence-corrected chi connectivity index (χ3v) is 7.63. The highest BCUT2D eigenvalue weighted by Gasteiger charge is 2.16. The third kappa shape index (κ3) is 8.99. The van der Waals surface area contributed by atoms with E-state index in [0.717, 1.165) is 59.5 Å². The molecule has 4 rings (SSSR count). The van der Waals surface area contributed by atoms with Crippen LogP contribution in [0, 0.1) is 5.92 Å². The summed E-state index contributed by atoms with van der Waals surface area (Å²) in [5.41, 5.74) is 1.36. The summed E-state index contributed by atoms with van der Waals surface area (Å²) in [6.45, 7) is 4.47. The molecular formula is C37H43NO7. The summed E-state index contributed by atoms with van der Waals surface area (Å²) in [4.78, 5) is 27.7. The molecule has 4 aromatic carbocycles. The van der Waals surface area contributed by atoms with Crippen molar-refractivity contribution in [3.05, 3.63) is 83.9 Å². The molecule has 238 valence electrons. The van der Waals surface area contributed by atoms with Crippen LogP contribution in [0.25, 0.3) is 27.6 Å². The first-order valence-corrected chi connectivity index (χ1v) is 15.3. The first-order valence-electron chi connectivity index (χ1n) is 15.3. The van der Waals surface area contributed by atoms with Gasteiger partial charge >= 0.3 is 11.9 Å². The molecule has 0 unspecified atom stereocenters. The van der Waals surface area contributed by atoms with E-state index in [1.54, 1.807) is 39.5 Å². The van der Waals surface area contributed by atoms with Gasteiger partial charge in [0.05, 0.1) is 40.1 Å². The summed E-state index contributed by atoms with van der Waals surface area (Å²) in [6.07, 6.45) is 5.78. The summed E-state index contributed by atoms with van der Waals surface area (Å²) < 4.78 is 27.3. The highest BCUT2D eigenvalue weighted by atomic mass is 16.5. The van der Waals surface area contributed by atoms with Crippen molar-refractivity contribution in [3.63, 3.8) is 0 Å². The largest absolute Gasteiger partial charge is 0.493 e. The Morgan fingerprint density at radius 1 is 0.800 bits per heavy atom. The number of methoxy groups -OCH3 is 3. The van der Waals surface area contributed by atoms with E-state index in [0.29, 0.717) is 36.0 Å². The molecule has 4 aromatic rings. The average molecular weight is 614 g/mol. The molecule has 1 atom stereocenters. The van der Waals surface area contributed by atoms with Gasteiger partial charge in [0.25, 0.3) is 0 Å². The molecule has 0 spiro atoms. The van der Waals surface area contributed by atoms with Crippen molar-refractivity contribution in [2.24, 2.45) is 5.92 Å². The fourth-order valence-electron chi connectivity index (χ4n) is 5.44. The van der Waals surface area contributed by atoms with Gasteiger partial charge in [-0.15, -0.1) is 0 Å². The summed E-state index contributed by atoms with van der Waals surface area (Å²) >= 11 is 0. The molecule has 0 N–H and O–H groups in total. The van der Waals surface area contributed by atoms with E-state index in [4.69, 9.17) is 23.7 Å². The first kappa shape index (κ1) is 33.3. The molecule has 0 saturated carbocycles. The number of carbonyl (C=O) groups excluding carboxylic acids is 2. The van der Waals surface area contributed by atoms with Crippen molar-refractivity contribution in [3.8, 4) is 17.2 Å². The standard InChI is InChI=1S/C37H43NO7/c1-26(25-45-34(39)18-17-27-21-32(41-3)36(43-5)33(22-27)42-4)24-38(2)19-11-6-12-20-44-37(40)35-30-15-9-7-13-28(30)23-29-14-8-10-16-31(29)35/h7-10,13-18,21-23,26H,6,11-12,19-20,24-25H2,1-5H3/b18-17+/t26-/m0/s1. The topological polar surface area (TPSA) is 83.5 Å². The Kier molecular flexibility index (Phi) is 12.2. The SMILES string of the molecule is COc1cc(/C=C/C(=O)OC[C@@H](C)CN(C)CCCCCOC(=O)c2c3ccccc3cc3ccccc23)cc(OC)c1OC. The number of unbranched alkanes of at least 4 members (excludes halogenated alkanes) is 2. The monoisotopic (exact) mass is 613 g/mol. The van der Waals surface area contributed by atoms with E-state index >= 15 is 0 Å². The van der Waals surface area contributed by atoms with E-state index in [1.165, 1.54) is 6.08 Å². The number of nitrogens with zero attached hydrogens (tertiary/aromatic N) is 1. The molecule has 0 amide bonds. The second-order valence-electron chi connectivity index (χ2n) is 11.2. The van der Waals surface area contributed by atoms with Gasteiger partial charge in [-0.3, -0.25) is 0 Å². The van der Waals surface area contributed by atoms with Gasteiger partial charge in [-0.05, 0) is 84.2 Å². The molecule has 0 aliphatic rings. The molecule has 0 heterocycles. The van der Waals surface area contributed by atoms with E-state index in [1.807, 2.05) is 48.5 Å². The summed E-state index contributed by atoms with van der Waals surface area (Å²) in [5.74, 6) is 0.997. The Hall–Kier alpha value is -4.56.